The molecule has 2 aromatic heterocycles. The number of nitrogens with zero attached hydrogens (tertiary/aromatic N) is 4. The number of nitrogens with one attached hydrogen (secondary N) is 3. The molecular weight excluding hydrogens is 473 g/mol. The van der Waals surface area contributed by atoms with Crippen LogP contribution < -0.4 is 20.9 Å². The molecule has 3 unspecified atom stereocenters. The van der Waals surface area contributed by atoms with Gasteiger partial charge in [-0.3, -0.25) is 10.3 Å². The van der Waals surface area contributed by atoms with Gasteiger partial charge in [-0.2, -0.15) is 0 Å². The Bertz CT molecular complexity index is 1270. The van der Waals surface area contributed by atoms with Crippen molar-refractivity contribution in [3.63, 3.8) is 0 Å². The lowest BCUT2D eigenvalue weighted by atomic mass is 9.85. The number of halogens is 1. The minimum Gasteiger partial charge on any atom is -0.496 e. The fourth-order valence-electron chi connectivity index (χ4n) is 6.13. The fourth-order valence-corrected chi connectivity index (χ4v) is 6.13. The van der Waals surface area contributed by atoms with Crippen molar-refractivity contribution < 1.29 is 13.9 Å². The summed E-state index contributed by atoms with van der Waals surface area (Å²) in [7, 11) is 1.57. The van der Waals surface area contributed by atoms with E-state index in [0.717, 1.165) is 38.0 Å². The topological polar surface area (TPSA) is 86.2 Å². The minimum absolute atomic E-state index is 0.00974. The van der Waals surface area contributed by atoms with Gasteiger partial charge in [0.05, 0.1) is 13.2 Å². The van der Waals surface area contributed by atoms with E-state index in [0.29, 0.717) is 37.0 Å². The van der Waals surface area contributed by atoms with Crippen LogP contribution in [-0.4, -0.2) is 70.6 Å². The molecule has 37 heavy (non-hydrogen) atoms. The van der Waals surface area contributed by atoms with Crippen molar-refractivity contribution in [2.45, 2.75) is 43.9 Å². The molecule has 0 saturated carbocycles. The highest BCUT2D eigenvalue weighted by molar-refractivity contribution is 5.74. The first-order valence-electron chi connectivity index (χ1n) is 13.1. The van der Waals surface area contributed by atoms with Crippen LogP contribution in [0.4, 0.5) is 9.18 Å². The van der Waals surface area contributed by atoms with Gasteiger partial charge in [0.25, 0.3) is 0 Å². The molecule has 3 saturated heterocycles. The van der Waals surface area contributed by atoms with E-state index in [2.05, 4.69) is 38.3 Å². The molecule has 3 fully saturated rings. The van der Waals surface area contributed by atoms with Crippen LogP contribution in [0.1, 0.15) is 36.4 Å². The van der Waals surface area contributed by atoms with Crippen molar-refractivity contribution in [3.8, 4) is 5.75 Å². The van der Waals surface area contributed by atoms with Crippen molar-refractivity contribution in [1.29, 1.82) is 0 Å². The van der Waals surface area contributed by atoms with Gasteiger partial charge in [-0.25, -0.2) is 19.6 Å². The quantitative estimate of drug-likeness (QED) is 0.493. The van der Waals surface area contributed by atoms with Crippen LogP contribution >= 0.6 is 0 Å². The number of pyridine rings is 1. The molecule has 10 heteroatoms. The number of urea groups is 1. The summed E-state index contributed by atoms with van der Waals surface area (Å²) in [6.45, 7) is 3.44. The van der Waals surface area contributed by atoms with E-state index in [4.69, 9.17) is 4.74 Å². The molecule has 0 aliphatic carbocycles. The Morgan fingerprint density at radius 1 is 1.19 bits per heavy atom. The van der Waals surface area contributed by atoms with Gasteiger partial charge in [-0.1, -0.05) is 12.1 Å². The molecule has 6 rings (SSSR count). The number of benzene rings is 1. The average Bonchev–Trinajstić information content (AvgIpc) is 3.56. The highest BCUT2D eigenvalue weighted by atomic mass is 19.1. The number of hydrogen-bond donors (Lipinski definition) is 3. The Morgan fingerprint density at radius 2 is 2.11 bits per heavy atom. The molecule has 2 amide bonds. The Labute approximate surface area is 215 Å². The number of ether oxygens (including phenoxy) is 1. The molecule has 0 spiro atoms. The zero-order valence-corrected chi connectivity index (χ0v) is 21.1. The number of carbonyl (C=O) groups excluding carboxylic acids is 1. The van der Waals surface area contributed by atoms with Crippen LogP contribution in [0, 0.1) is 11.7 Å². The number of amides is 2. The van der Waals surface area contributed by atoms with Crippen LogP contribution in [0.2, 0.25) is 0 Å². The van der Waals surface area contributed by atoms with Gasteiger partial charge in [0.15, 0.2) is 0 Å². The number of fused-ring (bicyclic) bond motifs is 2. The second-order valence-corrected chi connectivity index (χ2v) is 10.4. The molecule has 5 heterocycles. The maximum Gasteiger partial charge on any atom is 0.317 e. The fraction of sp³-hybridized carbons (Fsp3) is 0.481. The van der Waals surface area contributed by atoms with Gasteiger partial charge in [-0.05, 0) is 49.6 Å². The van der Waals surface area contributed by atoms with Gasteiger partial charge < -0.3 is 19.4 Å². The third kappa shape index (κ3) is 4.88. The smallest absolute Gasteiger partial charge is 0.317 e. The minimum atomic E-state index is -0.256. The molecule has 0 bridgehead atoms. The van der Waals surface area contributed by atoms with Gasteiger partial charge in [0, 0.05) is 68.3 Å². The average molecular weight is 508 g/mol. The largest absolute Gasteiger partial charge is 0.496 e. The number of rotatable bonds is 5. The van der Waals surface area contributed by atoms with Gasteiger partial charge in [0.2, 0.25) is 0 Å². The lowest BCUT2D eigenvalue weighted by Gasteiger charge is -2.38. The number of methoxy groups -OCH3 is 1. The summed E-state index contributed by atoms with van der Waals surface area (Å²) < 4.78 is 21.9. The molecule has 3 aliphatic heterocycles. The highest BCUT2D eigenvalue weighted by Crippen LogP contribution is 2.34. The standard InChI is InChI=1S/C27H34FN7O2/c1-37-24-6-2-5-22(28)20(24)16-33-11-3-4-19(15-33)30-27(36)35-12-9-23-21(17-35)26(32-31-23)18-7-8-25-29-10-13-34(25)14-18/h2,5-8,10,13-14,19,21,23,26,31-32H,3-4,9,11-12,15-17H2,1H3,(H,30,36)/t19-,21?,23?,26?/m1/s1. The highest BCUT2D eigenvalue weighted by Gasteiger charge is 2.42. The predicted molar refractivity (Wildman–Crippen MR) is 137 cm³/mol. The second kappa shape index (κ2) is 10.3. The van der Waals surface area contributed by atoms with E-state index in [9.17, 15) is 9.18 Å². The SMILES string of the molecule is COc1cccc(F)c1CN1CCC[C@@H](NC(=O)N2CCC3NNC(c4ccc5nccn5c4)C3C2)C1. The van der Waals surface area contributed by atoms with Gasteiger partial charge in [-0.15, -0.1) is 0 Å². The number of likely N-dealkylation sites (tertiary alicyclic amines) is 2. The van der Waals surface area contributed by atoms with E-state index < -0.39 is 0 Å². The van der Waals surface area contributed by atoms with E-state index in [1.807, 2.05) is 21.6 Å². The Morgan fingerprint density at radius 3 is 3.00 bits per heavy atom. The van der Waals surface area contributed by atoms with Crippen LogP contribution in [0.5, 0.6) is 5.75 Å². The zero-order valence-electron chi connectivity index (χ0n) is 21.1. The number of imidazole rings is 1. The van der Waals surface area contributed by atoms with Crippen molar-refractivity contribution in [1.82, 2.24) is 35.4 Å². The van der Waals surface area contributed by atoms with Gasteiger partial charge >= 0.3 is 6.03 Å². The lowest BCUT2D eigenvalue weighted by Crippen LogP contribution is -2.55. The first-order valence-corrected chi connectivity index (χ1v) is 13.1. The monoisotopic (exact) mass is 507 g/mol. The molecular formula is C27H34FN7O2. The Balaban J connectivity index is 1.08. The maximum absolute atomic E-state index is 14.5. The van der Waals surface area contributed by atoms with Crippen LogP contribution in [0.15, 0.2) is 48.9 Å². The van der Waals surface area contributed by atoms with Crippen LogP contribution in [0.3, 0.4) is 0 Å². The van der Waals surface area contributed by atoms with Crippen LogP contribution in [-0.2, 0) is 6.54 Å². The molecule has 3 N–H and O–H groups in total. The summed E-state index contributed by atoms with van der Waals surface area (Å²) >= 11 is 0. The number of hydrazine groups is 1. The predicted octanol–water partition coefficient (Wildman–Crippen LogP) is 2.70. The molecule has 4 atom stereocenters. The third-order valence-electron chi connectivity index (χ3n) is 8.08. The summed E-state index contributed by atoms with van der Waals surface area (Å²) in [5, 5.41) is 3.27. The summed E-state index contributed by atoms with van der Waals surface area (Å²) in [4.78, 5) is 21.8. The van der Waals surface area contributed by atoms with Crippen LogP contribution in [0.25, 0.3) is 5.65 Å². The number of aromatic nitrogens is 2. The summed E-state index contributed by atoms with van der Waals surface area (Å²) in [5.74, 6) is 0.584. The second-order valence-electron chi connectivity index (χ2n) is 10.4. The zero-order chi connectivity index (χ0) is 25.4. The third-order valence-corrected chi connectivity index (χ3v) is 8.08. The number of carbonyl (C=O) groups is 1. The van der Waals surface area contributed by atoms with Crippen molar-refractivity contribution in [2.75, 3.05) is 33.3 Å². The normalized spacial score (nSPS) is 26.3. The van der Waals surface area contributed by atoms with Gasteiger partial charge in [0.1, 0.15) is 17.2 Å². The number of hydrogen-bond acceptors (Lipinski definition) is 6. The van der Waals surface area contributed by atoms with Crippen molar-refractivity contribution in [3.05, 3.63) is 65.9 Å². The van der Waals surface area contributed by atoms with E-state index in [-0.39, 0.29) is 29.8 Å². The van der Waals surface area contributed by atoms with E-state index in [1.54, 1.807) is 25.4 Å². The van der Waals surface area contributed by atoms with E-state index >= 15 is 0 Å². The first kappa shape index (κ1) is 24.1. The molecule has 196 valence electrons. The number of piperidine rings is 2. The van der Waals surface area contributed by atoms with Crippen molar-refractivity contribution >= 4 is 11.7 Å². The van der Waals surface area contributed by atoms with E-state index in [1.165, 1.54) is 11.6 Å². The molecule has 3 aliphatic rings. The van der Waals surface area contributed by atoms with Crippen molar-refractivity contribution in [2.24, 2.45) is 5.92 Å². The molecule has 0 radical (unpaired) electrons. The summed E-state index contributed by atoms with van der Waals surface area (Å²) in [6, 6.07) is 9.54. The molecule has 9 nitrogen and oxygen atoms in total. The Hall–Kier alpha value is -3.21. The molecule has 3 aromatic rings. The summed E-state index contributed by atoms with van der Waals surface area (Å²) in [5.41, 5.74) is 9.59. The molecule has 1 aromatic carbocycles. The maximum atomic E-state index is 14.5. The summed E-state index contributed by atoms with van der Waals surface area (Å²) in [6.07, 6.45) is 8.65. The Kier molecular flexibility index (Phi) is 6.71. The first-order chi connectivity index (χ1) is 18.1. The lowest BCUT2D eigenvalue weighted by molar-refractivity contribution is 0.138.